The fourth-order valence-corrected chi connectivity index (χ4v) is 1.63. The summed E-state index contributed by atoms with van der Waals surface area (Å²) in [6.45, 7) is 1.56. The van der Waals surface area contributed by atoms with E-state index in [2.05, 4.69) is 10.6 Å². The zero-order valence-electron chi connectivity index (χ0n) is 9.54. The maximum Gasteiger partial charge on any atom is 0.325 e. The molecule has 98 valence electrons. The molecule has 0 radical (unpaired) electrons. The minimum Gasteiger partial charge on any atom is -0.480 e. The van der Waals surface area contributed by atoms with Gasteiger partial charge in [0.1, 0.15) is 6.04 Å². The van der Waals surface area contributed by atoms with Gasteiger partial charge in [-0.3, -0.25) is 4.79 Å². The van der Waals surface area contributed by atoms with Crippen LogP contribution in [0.2, 0.25) is 10.0 Å². The Morgan fingerprint density at radius 2 is 2.06 bits per heavy atom. The van der Waals surface area contributed by atoms with E-state index >= 15 is 0 Å². The highest BCUT2D eigenvalue weighted by atomic mass is 35.5. The third-order valence-corrected chi connectivity index (χ3v) is 2.76. The van der Waals surface area contributed by atoms with Crippen LogP contribution in [0.4, 0.5) is 4.79 Å². The molecule has 3 N–H and O–H groups in total. The number of carboxylic acids is 1. The Balaban J connectivity index is 2.50. The topological polar surface area (TPSA) is 78.4 Å². The second kappa shape index (κ2) is 6.47. The van der Waals surface area contributed by atoms with Crippen molar-refractivity contribution < 1.29 is 14.7 Å². The van der Waals surface area contributed by atoms with Crippen molar-refractivity contribution in [3.8, 4) is 0 Å². The van der Waals surface area contributed by atoms with Gasteiger partial charge in [-0.15, -0.1) is 0 Å². The van der Waals surface area contributed by atoms with Gasteiger partial charge in [0.05, 0.1) is 0 Å². The van der Waals surface area contributed by atoms with Crippen LogP contribution < -0.4 is 10.6 Å². The van der Waals surface area contributed by atoms with Gasteiger partial charge in [-0.05, 0) is 24.6 Å². The van der Waals surface area contributed by atoms with Crippen LogP contribution in [0.5, 0.6) is 0 Å². The molecule has 1 aromatic carbocycles. The molecule has 0 aliphatic rings. The van der Waals surface area contributed by atoms with Gasteiger partial charge in [-0.2, -0.15) is 0 Å². The molecule has 0 aliphatic heterocycles. The molecule has 0 saturated heterocycles. The average Bonchev–Trinajstić information content (AvgIpc) is 2.27. The summed E-state index contributed by atoms with van der Waals surface area (Å²) in [7, 11) is 0. The highest BCUT2D eigenvalue weighted by Gasteiger charge is 2.13. The number of nitrogens with one attached hydrogen (secondary N) is 2. The zero-order chi connectivity index (χ0) is 13.7. The second-order valence-electron chi connectivity index (χ2n) is 3.62. The Kier molecular flexibility index (Phi) is 5.25. The minimum absolute atomic E-state index is 0.189. The molecule has 0 heterocycles. The number of carboxylic acid groups (broad SMARTS) is 1. The number of benzene rings is 1. The van der Waals surface area contributed by atoms with Crippen LogP contribution >= 0.6 is 23.2 Å². The van der Waals surface area contributed by atoms with Gasteiger partial charge in [0, 0.05) is 16.6 Å². The minimum atomic E-state index is -1.10. The first-order chi connectivity index (χ1) is 8.40. The molecule has 1 unspecified atom stereocenters. The third kappa shape index (κ3) is 4.43. The van der Waals surface area contributed by atoms with Crippen molar-refractivity contribution in [3.63, 3.8) is 0 Å². The molecule has 0 bridgehead atoms. The Morgan fingerprint density at radius 3 is 2.61 bits per heavy atom. The molecule has 2 amide bonds. The summed E-state index contributed by atoms with van der Waals surface area (Å²) in [5, 5.41) is 14.3. The van der Waals surface area contributed by atoms with Crippen LogP contribution in [0, 0.1) is 0 Å². The van der Waals surface area contributed by atoms with E-state index in [1.807, 2.05) is 0 Å². The van der Waals surface area contributed by atoms with E-state index in [-0.39, 0.29) is 6.54 Å². The quantitative estimate of drug-likeness (QED) is 0.796. The molecule has 0 aliphatic carbocycles. The summed E-state index contributed by atoms with van der Waals surface area (Å²) in [6, 6.07) is 3.38. The smallest absolute Gasteiger partial charge is 0.325 e. The van der Waals surface area contributed by atoms with Crippen molar-refractivity contribution in [3.05, 3.63) is 33.8 Å². The lowest BCUT2D eigenvalue weighted by Gasteiger charge is -2.11. The van der Waals surface area contributed by atoms with Crippen LogP contribution in [0.1, 0.15) is 12.5 Å². The summed E-state index contributed by atoms with van der Waals surface area (Å²) < 4.78 is 0. The highest BCUT2D eigenvalue weighted by Crippen LogP contribution is 2.20. The standard InChI is InChI=1S/C11H12Cl2N2O3/c1-6(10(16)17)15-11(18)14-5-7-2-3-8(12)4-9(7)13/h2-4,6H,5H2,1H3,(H,16,17)(H2,14,15,18). The molecule has 0 saturated carbocycles. The molecule has 5 nitrogen and oxygen atoms in total. The van der Waals surface area contributed by atoms with Gasteiger partial charge >= 0.3 is 12.0 Å². The van der Waals surface area contributed by atoms with Crippen LogP contribution in [0.25, 0.3) is 0 Å². The number of hydrogen-bond donors (Lipinski definition) is 3. The number of hydrogen-bond acceptors (Lipinski definition) is 2. The molecule has 0 spiro atoms. The molecule has 1 atom stereocenters. The van der Waals surface area contributed by atoms with Gasteiger partial charge in [0.2, 0.25) is 0 Å². The highest BCUT2D eigenvalue weighted by molar-refractivity contribution is 6.35. The normalized spacial score (nSPS) is 11.7. The summed E-state index contributed by atoms with van der Waals surface area (Å²) in [4.78, 5) is 21.9. The third-order valence-electron chi connectivity index (χ3n) is 2.17. The Morgan fingerprint density at radius 1 is 1.39 bits per heavy atom. The van der Waals surface area contributed by atoms with Crippen molar-refractivity contribution >= 4 is 35.2 Å². The van der Waals surface area contributed by atoms with Crippen molar-refractivity contribution in [2.24, 2.45) is 0 Å². The van der Waals surface area contributed by atoms with E-state index in [4.69, 9.17) is 28.3 Å². The summed E-state index contributed by atoms with van der Waals surface area (Å²) in [6.07, 6.45) is 0. The van der Waals surface area contributed by atoms with E-state index in [1.165, 1.54) is 6.92 Å². The predicted molar refractivity (Wildman–Crippen MR) is 68.9 cm³/mol. The first kappa shape index (κ1) is 14.6. The van der Waals surface area contributed by atoms with E-state index in [9.17, 15) is 9.59 Å². The SMILES string of the molecule is CC(NC(=O)NCc1ccc(Cl)cc1Cl)C(=O)O. The number of halogens is 2. The molecule has 0 fully saturated rings. The van der Waals surface area contributed by atoms with Crippen molar-refractivity contribution in [2.75, 3.05) is 0 Å². The lowest BCUT2D eigenvalue weighted by molar-refractivity contribution is -0.138. The molecular formula is C11H12Cl2N2O3. The second-order valence-corrected chi connectivity index (χ2v) is 4.47. The fourth-order valence-electron chi connectivity index (χ4n) is 1.15. The molecule has 1 rings (SSSR count). The number of amides is 2. The van der Waals surface area contributed by atoms with Gasteiger partial charge < -0.3 is 15.7 Å². The summed E-state index contributed by atoms with van der Waals surface area (Å²) in [5.41, 5.74) is 0.694. The average molecular weight is 291 g/mol. The summed E-state index contributed by atoms with van der Waals surface area (Å²) >= 11 is 11.7. The number of aliphatic carboxylic acids is 1. The maximum absolute atomic E-state index is 11.4. The van der Waals surface area contributed by atoms with Crippen molar-refractivity contribution in [1.29, 1.82) is 0 Å². The number of carbonyl (C=O) groups excluding carboxylic acids is 1. The lowest BCUT2D eigenvalue weighted by atomic mass is 10.2. The molecular weight excluding hydrogens is 279 g/mol. The van der Waals surface area contributed by atoms with Crippen molar-refractivity contribution in [1.82, 2.24) is 10.6 Å². The fraction of sp³-hybridized carbons (Fsp3) is 0.273. The van der Waals surface area contributed by atoms with E-state index in [0.717, 1.165) is 0 Å². The number of rotatable bonds is 4. The predicted octanol–water partition coefficient (Wildman–Crippen LogP) is 2.27. The van der Waals surface area contributed by atoms with E-state index in [1.54, 1.807) is 18.2 Å². The summed E-state index contributed by atoms with van der Waals surface area (Å²) in [5.74, 6) is -1.10. The van der Waals surface area contributed by atoms with Gasteiger partial charge in [-0.25, -0.2) is 4.79 Å². The van der Waals surface area contributed by atoms with Crippen LogP contribution in [-0.4, -0.2) is 23.1 Å². The van der Waals surface area contributed by atoms with E-state index in [0.29, 0.717) is 15.6 Å². The Hall–Kier alpha value is -1.46. The maximum atomic E-state index is 11.4. The van der Waals surface area contributed by atoms with Crippen LogP contribution in [0.3, 0.4) is 0 Å². The molecule has 1 aromatic rings. The number of carbonyl (C=O) groups is 2. The van der Waals surface area contributed by atoms with Crippen LogP contribution in [0.15, 0.2) is 18.2 Å². The first-order valence-electron chi connectivity index (χ1n) is 5.11. The first-order valence-corrected chi connectivity index (χ1v) is 5.87. The van der Waals surface area contributed by atoms with Gasteiger partial charge in [-0.1, -0.05) is 29.3 Å². The number of urea groups is 1. The van der Waals surface area contributed by atoms with Crippen molar-refractivity contribution in [2.45, 2.75) is 19.5 Å². The van der Waals surface area contributed by atoms with Gasteiger partial charge in [0.25, 0.3) is 0 Å². The monoisotopic (exact) mass is 290 g/mol. The zero-order valence-corrected chi connectivity index (χ0v) is 11.0. The lowest BCUT2D eigenvalue weighted by Crippen LogP contribution is -2.44. The van der Waals surface area contributed by atoms with Gasteiger partial charge in [0.15, 0.2) is 0 Å². The van der Waals surface area contributed by atoms with Crippen LogP contribution in [-0.2, 0) is 11.3 Å². The van der Waals surface area contributed by atoms with E-state index < -0.39 is 18.0 Å². The Bertz CT molecular complexity index is 466. The molecule has 0 aromatic heterocycles. The largest absolute Gasteiger partial charge is 0.480 e. The molecule has 18 heavy (non-hydrogen) atoms. The Labute approximate surface area is 114 Å². The molecule has 7 heteroatoms.